The molecule has 0 spiro atoms. The first-order chi connectivity index (χ1) is 12.0. The summed E-state index contributed by atoms with van der Waals surface area (Å²) in [6, 6.07) is 2.11. The van der Waals surface area contributed by atoms with Gasteiger partial charge in [0.25, 0.3) is 0 Å². The lowest BCUT2D eigenvalue weighted by Crippen LogP contribution is -2.52. The lowest BCUT2D eigenvalue weighted by Gasteiger charge is -2.31. The molecule has 2 aromatic rings. The van der Waals surface area contributed by atoms with Crippen LogP contribution in [-0.4, -0.2) is 53.0 Å². The van der Waals surface area contributed by atoms with Crippen molar-refractivity contribution in [1.29, 1.82) is 0 Å². The minimum Gasteiger partial charge on any atom is -0.361 e. The van der Waals surface area contributed by atoms with E-state index in [4.69, 9.17) is 4.74 Å². The predicted molar refractivity (Wildman–Crippen MR) is 86.3 cm³/mol. The molecule has 2 atom stereocenters. The standard InChI is InChI=1S/C15H18F3N5OS/c16-15(17,18)14-6-20-5-10(24-14)7-23-8-11(21-22-23)13-3-9-4-19-2-1-12(9)25-13/h3,8,10,14,19-20H,1-2,4-7H2. The van der Waals surface area contributed by atoms with Crippen molar-refractivity contribution in [1.82, 2.24) is 25.6 Å². The third kappa shape index (κ3) is 3.71. The normalized spacial score (nSPS) is 24.3. The SMILES string of the molecule is FC(F)(F)C1CNCC(Cn2cc(-c3cc4c(s3)CCNC4)nn2)O1. The average molecular weight is 373 g/mol. The molecular formula is C15H18F3N5OS. The number of ether oxygens (including phenoxy) is 1. The van der Waals surface area contributed by atoms with Crippen LogP contribution in [0.2, 0.25) is 0 Å². The molecule has 1 fully saturated rings. The summed E-state index contributed by atoms with van der Waals surface area (Å²) in [7, 11) is 0. The van der Waals surface area contributed by atoms with Crippen molar-refractivity contribution in [3.8, 4) is 10.6 Å². The zero-order chi connectivity index (χ0) is 17.4. The molecule has 4 heterocycles. The predicted octanol–water partition coefficient (Wildman–Crippen LogP) is 1.57. The number of nitrogens with one attached hydrogen (secondary N) is 2. The van der Waals surface area contributed by atoms with Crippen molar-refractivity contribution in [3.63, 3.8) is 0 Å². The molecule has 136 valence electrons. The summed E-state index contributed by atoms with van der Waals surface area (Å²) in [5.74, 6) is 0. The fourth-order valence-electron chi connectivity index (χ4n) is 3.09. The average Bonchev–Trinajstić information content (AvgIpc) is 3.20. The highest BCUT2D eigenvalue weighted by Crippen LogP contribution is 2.32. The minimum atomic E-state index is -4.36. The lowest BCUT2D eigenvalue weighted by atomic mass is 10.1. The van der Waals surface area contributed by atoms with E-state index in [-0.39, 0.29) is 13.1 Å². The van der Waals surface area contributed by atoms with Gasteiger partial charge in [0.1, 0.15) is 5.69 Å². The fraction of sp³-hybridized carbons (Fsp3) is 0.600. The van der Waals surface area contributed by atoms with Crippen LogP contribution in [0.15, 0.2) is 12.3 Å². The fourth-order valence-corrected chi connectivity index (χ4v) is 4.22. The van der Waals surface area contributed by atoms with Crippen LogP contribution in [0.5, 0.6) is 0 Å². The smallest absolute Gasteiger partial charge is 0.361 e. The van der Waals surface area contributed by atoms with Crippen molar-refractivity contribution in [2.75, 3.05) is 19.6 Å². The Morgan fingerprint density at radius 3 is 3.00 bits per heavy atom. The van der Waals surface area contributed by atoms with Gasteiger partial charge in [-0.15, -0.1) is 16.4 Å². The summed E-state index contributed by atoms with van der Waals surface area (Å²) in [5.41, 5.74) is 2.03. The second-order valence-electron chi connectivity index (χ2n) is 6.26. The molecule has 2 aliphatic rings. The van der Waals surface area contributed by atoms with Crippen molar-refractivity contribution >= 4 is 11.3 Å². The van der Waals surface area contributed by atoms with Gasteiger partial charge in [-0.05, 0) is 18.1 Å². The molecular weight excluding hydrogens is 355 g/mol. The van der Waals surface area contributed by atoms with Crippen LogP contribution in [0, 0.1) is 0 Å². The Morgan fingerprint density at radius 2 is 2.20 bits per heavy atom. The molecule has 0 radical (unpaired) electrons. The zero-order valence-electron chi connectivity index (χ0n) is 13.3. The van der Waals surface area contributed by atoms with Crippen LogP contribution in [0.3, 0.4) is 0 Å². The van der Waals surface area contributed by atoms with Crippen molar-refractivity contribution in [3.05, 3.63) is 22.7 Å². The molecule has 25 heavy (non-hydrogen) atoms. The minimum absolute atomic E-state index is 0.211. The highest BCUT2D eigenvalue weighted by Gasteiger charge is 2.43. The Bertz CT molecular complexity index is 720. The molecule has 2 unspecified atom stereocenters. The van der Waals surface area contributed by atoms with Crippen LogP contribution in [0.25, 0.3) is 10.6 Å². The molecule has 0 bridgehead atoms. The summed E-state index contributed by atoms with van der Waals surface area (Å²) in [6.07, 6.45) is -3.94. The van der Waals surface area contributed by atoms with Crippen LogP contribution in [0.4, 0.5) is 13.2 Å². The Labute approximate surface area is 146 Å². The molecule has 1 saturated heterocycles. The molecule has 6 nitrogen and oxygen atoms in total. The summed E-state index contributed by atoms with van der Waals surface area (Å²) in [6.45, 7) is 2.23. The van der Waals surface area contributed by atoms with Gasteiger partial charge >= 0.3 is 6.18 Å². The van der Waals surface area contributed by atoms with E-state index in [1.807, 2.05) is 0 Å². The number of rotatable bonds is 3. The molecule has 2 aliphatic heterocycles. The van der Waals surface area contributed by atoms with Crippen molar-refractivity contribution < 1.29 is 17.9 Å². The van der Waals surface area contributed by atoms with E-state index in [2.05, 4.69) is 27.0 Å². The summed E-state index contributed by atoms with van der Waals surface area (Å²) in [5, 5.41) is 14.3. The maximum absolute atomic E-state index is 12.8. The second-order valence-corrected chi connectivity index (χ2v) is 7.40. The third-order valence-electron chi connectivity index (χ3n) is 4.35. The first-order valence-electron chi connectivity index (χ1n) is 8.15. The molecule has 2 N–H and O–H groups in total. The highest BCUT2D eigenvalue weighted by atomic mass is 32.1. The van der Waals surface area contributed by atoms with Gasteiger partial charge in [-0.2, -0.15) is 13.2 Å². The number of morpholine rings is 1. The van der Waals surface area contributed by atoms with Gasteiger partial charge in [0, 0.05) is 31.1 Å². The number of hydrogen-bond donors (Lipinski definition) is 2. The van der Waals surface area contributed by atoms with Crippen molar-refractivity contribution in [2.24, 2.45) is 0 Å². The van der Waals surface area contributed by atoms with E-state index >= 15 is 0 Å². The first kappa shape index (κ1) is 17.0. The zero-order valence-corrected chi connectivity index (χ0v) is 14.2. The Balaban J connectivity index is 1.44. The molecule has 0 aromatic carbocycles. The number of fused-ring (bicyclic) bond motifs is 1. The topological polar surface area (TPSA) is 64.0 Å². The Morgan fingerprint density at radius 1 is 1.32 bits per heavy atom. The third-order valence-corrected chi connectivity index (χ3v) is 5.61. The van der Waals surface area contributed by atoms with Gasteiger partial charge in [0.2, 0.25) is 0 Å². The first-order valence-corrected chi connectivity index (χ1v) is 8.96. The molecule has 0 amide bonds. The molecule has 4 rings (SSSR count). The molecule has 0 saturated carbocycles. The van der Waals surface area contributed by atoms with Gasteiger partial charge < -0.3 is 15.4 Å². The van der Waals surface area contributed by atoms with Gasteiger partial charge in [0.05, 0.1) is 23.7 Å². The van der Waals surface area contributed by atoms with Gasteiger partial charge in [-0.25, -0.2) is 4.68 Å². The summed E-state index contributed by atoms with van der Waals surface area (Å²) in [4.78, 5) is 2.40. The maximum atomic E-state index is 12.8. The summed E-state index contributed by atoms with van der Waals surface area (Å²) < 4.78 is 45.1. The van der Waals surface area contributed by atoms with E-state index < -0.39 is 18.4 Å². The number of aromatic nitrogens is 3. The number of nitrogens with zero attached hydrogens (tertiary/aromatic N) is 3. The molecule has 10 heteroatoms. The maximum Gasteiger partial charge on any atom is 0.415 e. The van der Waals surface area contributed by atoms with Crippen LogP contribution in [-0.2, 0) is 24.2 Å². The van der Waals surface area contributed by atoms with E-state index in [0.717, 1.165) is 30.1 Å². The lowest BCUT2D eigenvalue weighted by molar-refractivity contribution is -0.240. The van der Waals surface area contributed by atoms with E-state index in [0.29, 0.717) is 6.54 Å². The monoisotopic (exact) mass is 373 g/mol. The van der Waals surface area contributed by atoms with Gasteiger partial charge in [-0.1, -0.05) is 5.21 Å². The van der Waals surface area contributed by atoms with Crippen LogP contribution >= 0.6 is 11.3 Å². The van der Waals surface area contributed by atoms with Crippen LogP contribution in [0.1, 0.15) is 10.4 Å². The summed E-state index contributed by atoms with van der Waals surface area (Å²) >= 11 is 1.70. The van der Waals surface area contributed by atoms with Gasteiger partial charge in [-0.3, -0.25) is 0 Å². The molecule has 0 aliphatic carbocycles. The van der Waals surface area contributed by atoms with E-state index in [1.54, 1.807) is 22.2 Å². The number of halogens is 3. The quantitative estimate of drug-likeness (QED) is 0.855. The largest absolute Gasteiger partial charge is 0.415 e. The number of thiophene rings is 1. The van der Waals surface area contributed by atoms with Crippen LogP contribution < -0.4 is 10.6 Å². The second kappa shape index (κ2) is 6.67. The number of alkyl halides is 3. The number of hydrogen-bond acceptors (Lipinski definition) is 6. The van der Waals surface area contributed by atoms with E-state index in [9.17, 15) is 13.2 Å². The Kier molecular flexibility index (Phi) is 4.52. The Hall–Kier alpha value is -1.49. The van der Waals surface area contributed by atoms with Gasteiger partial charge in [0.15, 0.2) is 6.10 Å². The van der Waals surface area contributed by atoms with Crippen molar-refractivity contribution in [2.45, 2.75) is 37.9 Å². The van der Waals surface area contributed by atoms with E-state index in [1.165, 1.54) is 10.4 Å². The molecule has 2 aromatic heterocycles. The highest BCUT2D eigenvalue weighted by molar-refractivity contribution is 7.15.